The monoisotopic (exact) mass is 199 g/mol. The van der Waals surface area contributed by atoms with E-state index in [2.05, 4.69) is 61.2 Å². The quantitative estimate of drug-likeness (QED) is 0.729. The minimum atomic E-state index is 1.06. The van der Waals surface area contributed by atoms with Gasteiger partial charge in [-0.05, 0) is 37.1 Å². The van der Waals surface area contributed by atoms with E-state index >= 15 is 0 Å². The first-order valence-electron chi connectivity index (χ1n) is 5.59. The van der Waals surface area contributed by atoms with E-state index in [4.69, 9.17) is 0 Å². The summed E-state index contributed by atoms with van der Waals surface area (Å²) in [5.74, 6) is 0. The van der Waals surface area contributed by atoms with Crippen LogP contribution in [0.5, 0.6) is 0 Å². The molecule has 0 radical (unpaired) electrons. The normalized spacial score (nSPS) is 10.5. The van der Waals surface area contributed by atoms with Gasteiger partial charge in [0.1, 0.15) is 0 Å². The van der Waals surface area contributed by atoms with Gasteiger partial charge in [-0.15, -0.1) is 0 Å². The lowest BCUT2D eigenvalue weighted by molar-refractivity contribution is 0.867. The van der Waals surface area contributed by atoms with Crippen molar-refractivity contribution < 1.29 is 0 Å². The molecule has 1 heteroatoms. The van der Waals surface area contributed by atoms with Gasteiger partial charge in [0, 0.05) is 18.8 Å². The van der Waals surface area contributed by atoms with Crippen LogP contribution in [0.1, 0.15) is 13.8 Å². The van der Waals surface area contributed by atoms with E-state index in [0.717, 1.165) is 13.1 Å². The SMILES string of the molecule is CCN(CC)c1ccc2cccc-2cc1. The standard InChI is InChI=1S/C14H17N/c1-3-15(4-2)14-10-8-12-6-5-7-13(12)9-11-14/h5-11H,3-4H2,1-2H3. The maximum atomic E-state index is 2.36. The number of hydrogen-bond acceptors (Lipinski definition) is 1. The molecule has 0 aromatic heterocycles. The van der Waals surface area contributed by atoms with Gasteiger partial charge in [-0.2, -0.15) is 0 Å². The molecule has 0 N–H and O–H groups in total. The van der Waals surface area contributed by atoms with Gasteiger partial charge in [-0.25, -0.2) is 0 Å². The number of rotatable bonds is 3. The molecule has 15 heavy (non-hydrogen) atoms. The van der Waals surface area contributed by atoms with Crippen molar-refractivity contribution in [3.05, 3.63) is 42.5 Å². The van der Waals surface area contributed by atoms with E-state index in [1.165, 1.54) is 16.8 Å². The lowest BCUT2D eigenvalue weighted by Gasteiger charge is -2.19. The number of anilines is 1. The van der Waals surface area contributed by atoms with Crippen LogP contribution < -0.4 is 4.90 Å². The summed E-state index contributed by atoms with van der Waals surface area (Å²) >= 11 is 0. The molecular formula is C14H17N. The fourth-order valence-corrected chi connectivity index (χ4v) is 1.96. The highest BCUT2D eigenvalue weighted by Gasteiger charge is 2.02. The van der Waals surface area contributed by atoms with Crippen molar-refractivity contribution in [3.63, 3.8) is 0 Å². The lowest BCUT2D eigenvalue weighted by atomic mass is 10.2. The molecule has 2 aliphatic carbocycles. The van der Waals surface area contributed by atoms with E-state index in [1.54, 1.807) is 0 Å². The van der Waals surface area contributed by atoms with Gasteiger partial charge < -0.3 is 4.90 Å². The third-order valence-corrected chi connectivity index (χ3v) is 2.88. The topological polar surface area (TPSA) is 3.24 Å². The third kappa shape index (κ3) is 1.96. The van der Waals surface area contributed by atoms with E-state index in [-0.39, 0.29) is 0 Å². The molecule has 0 fully saturated rings. The Morgan fingerprint density at radius 2 is 1.33 bits per heavy atom. The van der Waals surface area contributed by atoms with Crippen LogP contribution in [-0.4, -0.2) is 13.1 Å². The molecule has 0 saturated carbocycles. The Morgan fingerprint density at radius 3 is 1.80 bits per heavy atom. The van der Waals surface area contributed by atoms with Crippen LogP contribution in [0.25, 0.3) is 11.1 Å². The smallest absolute Gasteiger partial charge is 0.0366 e. The largest absolute Gasteiger partial charge is 0.372 e. The van der Waals surface area contributed by atoms with Crippen molar-refractivity contribution in [1.82, 2.24) is 0 Å². The Balaban J connectivity index is 2.41. The van der Waals surface area contributed by atoms with E-state index in [0.29, 0.717) is 0 Å². The Hall–Kier alpha value is -1.50. The average molecular weight is 199 g/mol. The Bertz CT molecular complexity index is 373. The Labute approximate surface area is 91.7 Å². The van der Waals surface area contributed by atoms with E-state index in [1.807, 2.05) is 0 Å². The molecule has 78 valence electrons. The van der Waals surface area contributed by atoms with Gasteiger partial charge in [-0.3, -0.25) is 0 Å². The zero-order chi connectivity index (χ0) is 10.7. The van der Waals surface area contributed by atoms with Crippen molar-refractivity contribution in [1.29, 1.82) is 0 Å². The number of fused-ring (bicyclic) bond motifs is 1. The van der Waals surface area contributed by atoms with Crippen LogP contribution in [0.3, 0.4) is 0 Å². The summed E-state index contributed by atoms with van der Waals surface area (Å²) in [4.78, 5) is 2.36. The van der Waals surface area contributed by atoms with Crippen molar-refractivity contribution in [3.8, 4) is 11.1 Å². The molecule has 0 spiro atoms. The molecule has 0 aromatic carbocycles. The molecule has 0 saturated heterocycles. The van der Waals surface area contributed by atoms with Gasteiger partial charge in [0.2, 0.25) is 0 Å². The second kappa shape index (κ2) is 4.35. The van der Waals surface area contributed by atoms with Gasteiger partial charge in [0.05, 0.1) is 0 Å². The summed E-state index contributed by atoms with van der Waals surface area (Å²) in [6, 6.07) is 15.2. The zero-order valence-corrected chi connectivity index (χ0v) is 9.40. The van der Waals surface area contributed by atoms with Gasteiger partial charge in [-0.1, -0.05) is 30.3 Å². The molecule has 0 amide bonds. The van der Waals surface area contributed by atoms with Gasteiger partial charge in [0.15, 0.2) is 0 Å². The van der Waals surface area contributed by atoms with Crippen LogP contribution in [0, 0.1) is 0 Å². The highest BCUT2D eigenvalue weighted by molar-refractivity contribution is 5.68. The summed E-state index contributed by atoms with van der Waals surface area (Å²) in [5.41, 5.74) is 3.93. The molecule has 2 aliphatic rings. The lowest BCUT2D eigenvalue weighted by Crippen LogP contribution is -2.21. The molecule has 2 rings (SSSR count). The summed E-state index contributed by atoms with van der Waals surface area (Å²) in [6.07, 6.45) is 0. The van der Waals surface area contributed by atoms with Crippen molar-refractivity contribution >= 4 is 5.69 Å². The Kier molecular flexibility index (Phi) is 2.91. The van der Waals surface area contributed by atoms with E-state index in [9.17, 15) is 0 Å². The Morgan fingerprint density at radius 1 is 0.800 bits per heavy atom. The average Bonchev–Trinajstić information content (AvgIpc) is 2.62. The highest BCUT2D eigenvalue weighted by Crippen LogP contribution is 2.24. The number of nitrogens with zero attached hydrogens (tertiary/aromatic N) is 1. The summed E-state index contributed by atoms with van der Waals surface area (Å²) in [5, 5.41) is 0. The zero-order valence-electron chi connectivity index (χ0n) is 9.40. The fourth-order valence-electron chi connectivity index (χ4n) is 1.96. The van der Waals surface area contributed by atoms with Crippen molar-refractivity contribution in [2.24, 2.45) is 0 Å². The fraction of sp³-hybridized carbons (Fsp3) is 0.286. The van der Waals surface area contributed by atoms with Crippen LogP contribution in [0.15, 0.2) is 42.5 Å². The molecule has 0 aliphatic heterocycles. The third-order valence-electron chi connectivity index (χ3n) is 2.88. The second-order valence-corrected chi connectivity index (χ2v) is 3.70. The van der Waals surface area contributed by atoms with Crippen LogP contribution >= 0.6 is 0 Å². The molecule has 1 nitrogen and oxygen atoms in total. The van der Waals surface area contributed by atoms with Crippen LogP contribution in [-0.2, 0) is 0 Å². The molecular weight excluding hydrogens is 182 g/mol. The number of hydrogen-bond donors (Lipinski definition) is 0. The summed E-state index contributed by atoms with van der Waals surface area (Å²) in [6.45, 7) is 6.50. The molecule has 0 bridgehead atoms. The first-order valence-corrected chi connectivity index (χ1v) is 5.59. The highest BCUT2D eigenvalue weighted by atomic mass is 15.1. The molecule has 0 atom stereocenters. The van der Waals surface area contributed by atoms with Crippen molar-refractivity contribution in [2.75, 3.05) is 18.0 Å². The predicted molar refractivity (Wildman–Crippen MR) is 66.6 cm³/mol. The van der Waals surface area contributed by atoms with Gasteiger partial charge >= 0.3 is 0 Å². The van der Waals surface area contributed by atoms with E-state index < -0.39 is 0 Å². The second-order valence-electron chi connectivity index (χ2n) is 3.70. The maximum absolute atomic E-state index is 2.36. The first kappa shape index (κ1) is 10.0. The summed E-state index contributed by atoms with van der Waals surface area (Å²) in [7, 11) is 0. The summed E-state index contributed by atoms with van der Waals surface area (Å²) < 4.78 is 0. The minimum absolute atomic E-state index is 1.06. The maximum Gasteiger partial charge on any atom is 0.0366 e. The minimum Gasteiger partial charge on any atom is -0.372 e. The molecule has 0 aromatic rings. The van der Waals surface area contributed by atoms with Gasteiger partial charge in [0.25, 0.3) is 0 Å². The molecule has 0 heterocycles. The van der Waals surface area contributed by atoms with Crippen molar-refractivity contribution in [2.45, 2.75) is 13.8 Å². The predicted octanol–water partition coefficient (Wildman–Crippen LogP) is 3.64. The van der Waals surface area contributed by atoms with Crippen LogP contribution in [0.2, 0.25) is 0 Å². The molecule has 0 unspecified atom stereocenters. The van der Waals surface area contributed by atoms with Crippen LogP contribution in [0.4, 0.5) is 5.69 Å². The first-order chi connectivity index (χ1) is 7.35.